The van der Waals surface area contributed by atoms with Crippen molar-refractivity contribution in [1.82, 2.24) is 10.0 Å². The van der Waals surface area contributed by atoms with Crippen LogP contribution in [0.2, 0.25) is 0 Å². The van der Waals surface area contributed by atoms with Crippen molar-refractivity contribution in [3.8, 4) is 11.5 Å². The molecule has 0 radical (unpaired) electrons. The van der Waals surface area contributed by atoms with Crippen molar-refractivity contribution in [2.75, 3.05) is 26.3 Å². The van der Waals surface area contributed by atoms with E-state index in [-0.39, 0.29) is 17.3 Å². The molecule has 0 aliphatic carbocycles. The first-order valence-corrected chi connectivity index (χ1v) is 7.85. The molecule has 0 spiro atoms. The molecule has 1 saturated heterocycles. The molecule has 21 heavy (non-hydrogen) atoms. The third kappa shape index (κ3) is 3.41. The molecule has 2 aliphatic rings. The van der Waals surface area contributed by atoms with Crippen LogP contribution in [0.3, 0.4) is 0 Å². The standard InChI is InChI=1S/C12H16N2O5S.ClH/c15-10-7-13-6-9(10)14-20(16,17)8-1-2-11-12(5-8)19-4-3-18-11;/h1-2,5,9-10,13-15H,3-4,6-7H2;1H/t9-,10-;/m1./s1. The average Bonchev–Trinajstić information content (AvgIpc) is 2.83. The number of benzene rings is 1. The molecule has 0 bridgehead atoms. The second kappa shape index (κ2) is 6.37. The molecule has 0 saturated carbocycles. The summed E-state index contributed by atoms with van der Waals surface area (Å²) in [6.45, 7) is 1.64. The number of β-amino-alcohol motifs (C(OH)–C–C–N with tert-alkyl or cyclic N) is 1. The summed E-state index contributed by atoms with van der Waals surface area (Å²) < 4.78 is 37.8. The number of sulfonamides is 1. The first-order chi connectivity index (χ1) is 9.56. The lowest BCUT2D eigenvalue weighted by atomic mass is 10.2. The molecule has 1 aromatic carbocycles. The third-order valence-electron chi connectivity index (χ3n) is 3.31. The number of fused-ring (bicyclic) bond motifs is 1. The normalized spacial score (nSPS) is 24.4. The van der Waals surface area contributed by atoms with Gasteiger partial charge in [-0.15, -0.1) is 12.4 Å². The van der Waals surface area contributed by atoms with Gasteiger partial charge in [0, 0.05) is 19.2 Å². The van der Waals surface area contributed by atoms with Crippen molar-refractivity contribution in [3.63, 3.8) is 0 Å². The predicted octanol–water partition coefficient (Wildman–Crippen LogP) is -0.509. The largest absolute Gasteiger partial charge is 0.486 e. The van der Waals surface area contributed by atoms with Crippen LogP contribution in [0.1, 0.15) is 0 Å². The van der Waals surface area contributed by atoms with Crippen molar-refractivity contribution in [1.29, 1.82) is 0 Å². The van der Waals surface area contributed by atoms with Gasteiger partial charge in [0.1, 0.15) is 13.2 Å². The average molecular weight is 337 g/mol. The minimum absolute atomic E-state index is 0. The van der Waals surface area contributed by atoms with Crippen LogP contribution in [0.15, 0.2) is 23.1 Å². The summed E-state index contributed by atoms with van der Waals surface area (Å²) in [6.07, 6.45) is -0.720. The Labute approximate surface area is 129 Å². The highest BCUT2D eigenvalue weighted by atomic mass is 35.5. The second-order valence-electron chi connectivity index (χ2n) is 4.76. The van der Waals surface area contributed by atoms with Gasteiger partial charge in [0.25, 0.3) is 0 Å². The summed E-state index contributed by atoms with van der Waals surface area (Å²) in [6, 6.07) is 3.95. The van der Waals surface area contributed by atoms with Gasteiger partial charge in [0.05, 0.1) is 17.0 Å². The molecule has 1 fully saturated rings. The third-order valence-corrected chi connectivity index (χ3v) is 4.80. The van der Waals surface area contributed by atoms with Crippen LogP contribution >= 0.6 is 12.4 Å². The van der Waals surface area contributed by atoms with Crippen LogP contribution in [-0.4, -0.2) is 52.0 Å². The Morgan fingerprint density at radius 3 is 2.57 bits per heavy atom. The Kier molecular flexibility index (Phi) is 4.95. The van der Waals surface area contributed by atoms with E-state index in [4.69, 9.17) is 9.47 Å². The van der Waals surface area contributed by atoms with E-state index in [1.54, 1.807) is 6.07 Å². The van der Waals surface area contributed by atoms with Crippen molar-refractivity contribution < 1.29 is 23.0 Å². The van der Waals surface area contributed by atoms with Gasteiger partial charge in [-0.2, -0.15) is 0 Å². The van der Waals surface area contributed by atoms with Gasteiger partial charge in [0.2, 0.25) is 10.0 Å². The topological polar surface area (TPSA) is 96.9 Å². The fraction of sp³-hybridized carbons (Fsp3) is 0.500. The van der Waals surface area contributed by atoms with Crippen molar-refractivity contribution in [2.24, 2.45) is 0 Å². The van der Waals surface area contributed by atoms with E-state index in [1.807, 2.05) is 0 Å². The van der Waals surface area contributed by atoms with Crippen LogP contribution in [0, 0.1) is 0 Å². The molecule has 2 atom stereocenters. The van der Waals surface area contributed by atoms with Crippen molar-refractivity contribution in [3.05, 3.63) is 18.2 Å². The molecule has 2 aliphatic heterocycles. The lowest BCUT2D eigenvalue weighted by Crippen LogP contribution is -2.42. The fourth-order valence-corrected chi connectivity index (χ4v) is 3.53. The monoisotopic (exact) mass is 336 g/mol. The quantitative estimate of drug-likeness (QED) is 0.688. The van der Waals surface area contributed by atoms with E-state index in [0.29, 0.717) is 37.8 Å². The lowest BCUT2D eigenvalue weighted by molar-refractivity contribution is 0.170. The first kappa shape index (κ1) is 16.3. The van der Waals surface area contributed by atoms with E-state index < -0.39 is 22.2 Å². The van der Waals surface area contributed by atoms with E-state index in [0.717, 1.165) is 0 Å². The summed E-state index contributed by atoms with van der Waals surface area (Å²) in [7, 11) is -3.70. The Bertz CT molecular complexity index is 610. The number of hydrogen-bond acceptors (Lipinski definition) is 6. The minimum atomic E-state index is -3.70. The maximum atomic E-state index is 12.3. The Balaban J connectivity index is 0.00000161. The van der Waals surface area contributed by atoms with Gasteiger partial charge < -0.3 is 19.9 Å². The molecule has 9 heteroatoms. The Morgan fingerprint density at radius 2 is 1.90 bits per heavy atom. The van der Waals surface area contributed by atoms with E-state index >= 15 is 0 Å². The lowest BCUT2D eigenvalue weighted by Gasteiger charge is -2.20. The van der Waals surface area contributed by atoms with Gasteiger partial charge in [0.15, 0.2) is 11.5 Å². The Hall–Kier alpha value is -1.06. The zero-order chi connectivity index (χ0) is 14.2. The van der Waals surface area contributed by atoms with E-state index in [1.165, 1.54) is 12.1 Å². The van der Waals surface area contributed by atoms with Gasteiger partial charge in [-0.3, -0.25) is 0 Å². The van der Waals surface area contributed by atoms with Gasteiger partial charge in [-0.1, -0.05) is 0 Å². The fourth-order valence-electron chi connectivity index (χ4n) is 2.24. The zero-order valence-corrected chi connectivity index (χ0v) is 12.7. The van der Waals surface area contributed by atoms with E-state index in [9.17, 15) is 13.5 Å². The number of nitrogens with one attached hydrogen (secondary N) is 2. The highest BCUT2D eigenvalue weighted by molar-refractivity contribution is 7.89. The summed E-state index contributed by atoms with van der Waals surface area (Å²) in [5, 5.41) is 12.6. The molecule has 7 nitrogen and oxygen atoms in total. The molecule has 0 unspecified atom stereocenters. The molecule has 3 N–H and O–H groups in total. The van der Waals surface area contributed by atoms with Gasteiger partial charge in [-0.25, -0.2) is 13.1 Å². The summed E-state index contributed by atoms with van der Waals surface area (Å²) >= 11 is 0. The number of rotatable bonds is 3. The molecule has 2 heterocycles. The number of halogens is 1. The second-order valence-corrected chi connectivity index (χ2v) is 6.47. The molecule has 118 valence electrons. The van der Waals surface area contributed by atoms with Crippen LogP contribution < -0.4 is 19.5 Å². The molecular formula is C12H17ClN2O5S. The minimum Gasteiger partial charge on any atom is -0.486 e. The van der Waals surface area contributed by atoms with Gasteiger partial charge >= 0.3 is 0 Å². The molecule has 3 rings (SSSR count). The SMILES string of the molecule is Cl.O=S(=O)(N[C@@H]1CNC[C@H]1O)c1ccc2c(c1)OCCO2. The highest BCUT2D eigenvalue weighted by Gasteiger charge is 2.30. The maximum absolute atomic E-state index is 12.3. The molecular weight excluding hydrogens is 320 g/mol. The summed E-state index contributed by atoms with van der Waals surface area (Å²) in [4.78, 5) is 0.0980. The van der Waals surface area contributed by atoms with Gasteiger partial charge in [-0.05, 0) is 12.1 Å². The van der Waals surface area contributed by atoms with Crippen LogP contribution in [0.25, 0.3) is 0 Å². The summed E-state index contributed by atoms with van der Waals surface area (Å²) in [5.41, 5.74) is 0. The van der Waals surface area contributed by atoms with E-state index in [2.05, 4.69) is 10.0 Å². The zero-order valence-electron chi connectivity index (χ0n) is 11.1. The number of hydrogen-bond donors (Lipinski definition) is 3. The predicted molar refractivity (Wildman–Crippen MR) is 77.7 cm³/mol. The number of ether oxygens (including phenoxy) is 2. The first-order valence-electron chi connectivity index (χ1n) is 6.37. The molecule has 1 aromatic rings. The number of aliphatic hydroxyl groups is 1. The number of aliphatic hydroxyl groups excluding tert-OH is 1. The molecule has 0 amide bonds. The molecule has 0 aromatic heterocycles. The highest BCUT2D eigenvalue weighted by Crippen LogP contribution is 2.32. The maximum Gasteiger partial charge on any atom is 0.241 e. The van der Waals surface area contributed by atoms with Crippen LogP contribution in [0.5, 0.6) is 11.5 Å². The smallest absolute Gasteiger partial charge is 0.241 e. The Morgan fingerprint density at radius 1 is 1.19 bits per heavy atom. The summed E-state index contributed by atoms with van der Waals surface area (Å²) in [5.74, 6) is 0.960. The van der Waals surface area contributed by atoms with Crippen molar-refractivity contribution >= 4 is 22.4 Å². The van der Waals surface area contributed by atoms with Crippen molar-refractivity contribution in [2.45, 2.75) is 17.0 Å². The van der Waals surface area contributed by atoms with Crippen LogP contribution in [-0.2, 0) is 10.0 Å². The van der Waals surface area contributed by atoms with Crippen LogP contribution in [0.4, 0.5) is 0 Å².